The number of para-hydroxylation sites is 1. The number of benzene rings is 2. The van der Waals surface area contributed by atoms with Gasteiger partial charge in [0.15, 0.2) is 5.54 Å². The number of aliphatic hydroxyl groups excluding tert-OH is 1. The molecule has 0 saturated carbocycles. The summed E-state index contributed by atoms with van der Waals surface area (Å²) in [5.41, 5.74) is -0.451. The molecule has 8 heteroatoms. The molecule has 2 aliphatic heterocycles. The zero-order chi connectivity index (χ0) is 25.9. The topological polar surface area (TPSA) is 96.4 Å². The van der Waals surface area contributed by atoms with Gasteiger partial charge in [0, 0.05) is 37.9 Å². The number of fused-ring (bicyclic) bond motifs is 2. The summed E-state index contributed by atoms with van der Waals surface area (Å²) in [4.78, 5) is 44.2. The molecule has 2 aromatic rings. The molecule has 8 nitrogen and oxygen atoms in total. The first-order valence-electron chi connectivity index (χ1n) is 12.4. The Morgan fingerprint density at radius 2 is 1.69 bits per heavy atom. The van der Waals surface area contributed by atoms with Gasteiger partial charge in [0.05, 0.1) is 17.9 Å². The highest BCUT2D eigenvalue weighted by molar-refractivity contribution is 6.50. The Hall–Kier alpha value is -3.65. The van der Waals surface area contributed by atoms with Crippen LogP contribution in [0, 0.1) is 0 Å². The standard InChI is InChI=1S/C28H32N2O6/c1-4-6-16-29-22-11-8-7-10-21(22)28(27(29)34)23(25(32)26(33)30(28)17-9-18-35-3)24(31)19-12-14-20(15-13-19)36-5-2/h7-8,10-15,31H,4-6,9,16-18H2,1-3H3/t28-/m1/s1. The van der Waals surface area contributed by atoms with Gasteiger partial charge in [-0.1, -0.05) is 31.5 Å². The molecular weight excluding hydrogens is 460 g/mol. The van der Waals surface area contributed by atoms with Crippen molar-refractivity contribution in [1.29, 1.82) is 0 Å². The molecule has 1 N–H and O–H groups in total. The fraction of sp³-hybridized carbons (Fsp3) is 0.393. The second kappa shape index (κ2) is 10.5. The average molecular weight is 493 g/mol. The minimum absolute atomic E-state index is 0.125. The lowest BCUT2D eigenvalue weighted by Crippen LogP contribution is -2.52. The van der Waals surface area contributed by atoms with E-state index in [0.717, 1.165) is 12.8 Å². The minimum Gasteiger partial charge on any atom is -0.507 e. The summed E-state index contributed by atoms with van der Waals surface area (Å²) in [5.74, 6) is -1.86. The molecule has 4 rings (SSSR count). The number of ketones is 1. The van der Waals surface area contributed by atoms with Crippen LogP contribution in [0.3, 0.4) is 0 Å². The van der Waals surface area contributed by atoms with Gasteiger partial charge in [0.25, 0.3) is 17.6 Å². The van der Waals surface area contributed by atoms with Gasteiger partial charge in [-0.05, 0) is 50.1 Å². The van der Waals surface area contributed by atoms with Crippen molar-refractivity contribution in [3.05, 3.63) is 65.2 Å². The van der Waals surface area contributed by atoms with Crippen LogP contribution in [0.25, 0.3) is 5.76 Å². The largest absolute Gasteiger partial charge is 0.507 e. The maximum absolute atomic E-state index is 14.3. The molecule has 0 aromatic heterocycles. The van der Waals surface area contributed by atoms with Gasteiger partial charge in [-0.3, -0.25) is 14.4 Å². The fourth-order valence-corrected chi connectivity index (χ4v) is 5.09. The zero-order valence-electron chi connectivity index (χ0n) is 21.0. The number of ether oxygens (including phenoxy) is 2. The lowest BCUT2D eigenvalue weighted by atomic mass is 9.82. The maximum atomic E-state index is 14.3. The number of nitrogens with zero attached hydrogens (tertiary/aromatic N) is 2. The van der Waals surface area contributed by atoms with Gasteiger partial charge >= 0.3 is 0 Å². The molecule has 2 amide bonds. The van der Waals surface area contributed by atoms with Crippen LogP contribution in [0.15, 0.2) is 54.1 Å². The second-order valence-corrected chi connectivity index (χ2v) is 8.85. The monoisotopic (exact) mass is 492 g/mol. The summed E-state index contributed by atoms with van der Waals surface area (Å²) in [6, 6.07) is 13.8. The van der Waals surface area contributed by atoms with Crippen LogP contribution < -0.4 is 9.64 Å². The van der Waals surface area contributed by atoms with Gasteiger partial charge < -0.3 is 24.4 Å². The van der Waals surface area contributed by atoms with E-state index in [9.17, 15) is 19.5 Å². The molecule has 190 valence electrons. The molecular formula is C28H32N2O6. The summed E-state index contributed by atoms with van der Waals surface area (Å²) in [6.45, 7) is 5.31. The number of rotatable bonds is 10. The number of Topliss-reactive ketones (excluding diaryl/α,β-unsaturated/α-hetero) is 1. The molecule has 36 heavy (non-hydrogen) atoms. The van der Waals surface area contributed by atoms with Crippen LogP contribution in [-0.2, 0) is 24.7 Å². The van der Waals surface area contributed by atoms with Crippen LogP contribution in [0.2, 0.25) is 0 Å². The number of hydrogen-bond acceptors (Lipinski definition) is 6. The summed E-state index contributed by atoms with van der Waals surface area (Å²) < 4.78 is 10.7. The molecule has 1 saturated heterocycles. The highest BCUT2D eigenvalue weighted by Gasteiger charge is 2.66. The molecule has 0 aliphatic carbocycles. The quantitative estimate of drug-likeness (QED) is 0.234. The Morgan fingerprint density at radius 3 is 2.36 bits per heavy atom. The number of amides is 2. The second-order valence-electron chi connectivity index (χ2n) is 8.85. The molecule has 1 fully saturated rings. The summed E-state index contributed by atoms with van der Waals surface area (Å²) in [5, 5.41) is 11.5. The highest BCUT2D eigenvalue weighted by Crippen LogP contribution is 2.53. The minimum atomic E-state index is -1.74. The fourth-order valence-electron chi connectivity index (χ4n) is 5.09. The molecule has 0 radical (unpaired) electrons. The Morgan fingerprint density at radius 1 is 0.972 bits per heavy atom. The number of carbonyl (C=O) groups is 3. The van der Waals surface area contributed by atoms with Crippen molar-refractivity contribution >= 4 is 29.0 Å². The zero-order valence-corrected chi connectivity index (χ0v) is 21.0. The van der Waals surface area contributed by atoms with Crippen molar-refractivity contribution in [2.75, 3.05) is 38.3 Å². The van der Waals surface area contributed by atoms with Gasteiger partial charge in [0.2, 0.25) is 0 Å². The van der Waals surface area contributed by atoms with E-state index in [1.807, 2.05) is 26.0 Å². The Bertz CT molecular complexity index is 1190. The normalized spacial score (nSPS) is 20.5. The number of hydrogen-bond donors (Lipinski definition) is 1. The van der Waals surface area contributed by atoms with Crippen molar-refractivity contribution in [3.63, 3.8) is 0 Å². The van der Waals surface area contributed by atoms with E-state index < -0.39 is 23.1 Å². The summed E-state index contributed by atoms with van der Waals surface area (Å²) >= 11 is 0. The van der Waals surface area contributed by atoms with E-state index in [-0.39, 0.29) is 17.9 Å². The maximum Gasteiger partial charge on any atom is 0.296 e. The predicted molar refractivity (Wildman–Crippen MR) is 136 cm³/mol. The SMILES string of the molecule is CCCCN1C(=O)[C@]2(C(=C(O)c3ccc(OCC)cc3)C(=O)C(=O)N2CCCOC)c2ccccc21. The van der Waals surface area contributed by atoms with Crippen LogP contribution >= 0.6 is 0 Å². The third kappa shape index (κ3) is 3.95. The van der Waals surface area contributed by atoms with E-state index in [2.05, 4.69) is 0 Å². The third-order valence-corrected chi connectivity index (χ3v) is 6.71. The molecule has 0 bridgehead atoms. The van der Waals surface area contributed by atoms with E-state index >= 15 is 0 Å². The van der Waals surface area contributed by atoms with Crippen molar-refractivity contribution in [3.8, 4) is 5.75 Å². The first kappa shape index (κ1) is 25.4. The summed E-state index contributed by atoms with van der Waals surface area (Å²) in [6.07, 6.45) is 2.05. The first-order valence-corrected chi connectivity index (χ1v) is 12.4. The molecule has 2 aromatic carbocycles. The van der Waals surface area contributed by atoms with Crippen molar-refractivity contribution < 1.29 is 29.0 Å². The van der Waals surface area contributed by atoms with E-state index in [4.69, 9.17) is 9.47 Å². The van der Waals surface area contributed by atoms with E-state index in [0.29, 0.717) is 48.7 Å². The lowest BCUT2D eigenvalue weighted by Gasteiger charge is -2.34. The molecule has 0 unspecified atom stereocenters. The number of anilines is 1. The van der Waals surface area contributed by atoms with Gasteiger partial charge in [0.1, 0.15) is 11.5 Å². The number of carbonyl (C=O) groups excluding carboxylic acids is 3. The molecule has 2 aliphatic rings. The number of methoxy groups -OCH3 is 1. The van der Waals surface area contributed by atoms with Gasteiger partial charge in [-0.2, -0.15) is 0 Å². The Balaban J connectivity index is 1.95. The van der Waals surface area contributed by atoms with Crippen LogP contribution in [-0.4, -0.2) is 61.0 Å². The van der Waals surface area contributed by atoms with Crippen molar-refractivity contribution in [2.45, 2.75) is 38.6 Å². The third-order valence-electron chi connectivity index (χ3n) is 6.71. The molecule has 2 heterocycles. The van der Waals surface area contributed by atoms with Crippen LogP contribution in [0.1, 0.15) is 44.2 Å². The smallest absolute Gasteiger partial charge is 0.296 e. The van der Waals surface area contributed by atoms with E-state index in [1.54, 1.807) is 48.4 Å². The Kier molecular flexibility index (Phi) is 7.45. The van der Waals surface area contributed by atoms with Gasteiger partial charge in [-0.15, -0.1) is 0 Å². The van der Waals surface area contributed by atoms with Crippen molar-refractivity contribution in [1.82, 2.24) is 4.90 Å². The first-order chi connectivity index (χ1) is 17.4. The van der Waals surface area contributed by atoms with E-state index in [1.165, 1.54) is 4.90 Å². The van der Waals surface area contributed by atoms with Gasteiger partial charge in [-0.25, -0.2) is 0 Å². The number of aliphatic hydroxyl groups is 1. The number of unbranched alkanes of at least 4 members (excludes halogenated alkanes) is 1. The summed E-state index contributed by atoms with van der Waals surface area (Å²) in [7, 11) is 1.55. The van der Waals surface area contributed by atoms with Crippen LogP contribution in [0.4, 0.5) is 5.69 Å². The number of likely N-dealkylation sites (tertiary alicyclic amines) is 1. The van der Waals surface area contributed by atoms with Crippen molar-refractivity contribution in [2.24, 2.45) is 0 Å². The predicted octanol–water partition coefficient (Wildman–Crippen LogP) is 3.84. The lowest BCUT2D eigenvalue weighted by molar-refractivity contribution is -0.143. The average Bonchev–Trinajstić information content (AvgIpc) is 3.26. The molecule has 1 spiro atoms. The molecule has 1 atom stereocenters. The Labute approximate surface area is 211 Å². The van der Waals surface area contributed by atoms with Crippen LogP contribution in [0.5, 0.6) is 5.75 Å². The highest BCUT2D eigenvalue weighted by atomic mass is 16.5.